The zero-order chi connectivity index (χ0) is 9.97. The molecule has 0 saturated carbocycles. The van der Waals surface area contributed by atoms with Crippen LogP contribution in [0.3, 0.4) is 0 Å². The second-order valence-corrected chi connectivity index (χ2v) is 4.11. The van der Waals surface area contributed by atoms with Crippen LogP contribution in [-0.2, 0) is 0 Å². The molecule has 2 rings (SSSR count). The highest BCUT2D eigenvalue weighted by molar-refractivity contribution is 5.24. The average Bonchev–Trinajstić information content (AvgIpc) is 2.11. The van der Waals surface area contributed by atoms with Gasteiger partial charge in [-0.15, -0.1) is 0 Å². The van der Waals surface area contributed by atoms with Gasteiger partial charge in [-0.1, -0.05) is 29.8 Å². The molecular formula is C12H17NO. The second-order valence-electron chi connectivity index (χ2n) is 4.11. The predicted molar refractivity (Wildman–Crippen MR) is 57.2 cm³/mol. The summed E-state index contributed by atoms with van der Waals surface area (Å²) in [6.45, 7) is 3.16. The normalized spacial score (nSPS) is 22.9. The van der Waals surface area contributed by atoms with E-state index in [0.717, 1.165) is 18.5 Å². The Morgan fingerprint density at radius 1 is 1.57 bits per heavy atom. The Labute approximate surface area is 85.0 Å². The number of nitrogens with one attached hydrogen (secondary N) is 1. The monoisotopic (exact) mass is 191 g/mol. The van der Waals surface area contributed by atoms with E-state index in [1.165, 1.54) is 12.0 Å². The fourth-order valence-electron chi connectivity index (χ4n) is 1.83. The number of hydrogen-bond donors (Lipinski definition) is 2. The number of aliphatic hydroxyl groups excluding tert-OH is 1. The van der Waals surface area contributed by atoms with Crippen LogP contribution in [0, 0.1) is 6.92 Å². The fourth-order valence-corrected chi connectivity index (χ4v) is 1.83. The third kappa shape index (κ3) is 2.14. The first-order valence-corrected chi connectivity index (χ1v) is 5.24. The van der Waals surface area contributed by atoms with Gasteiger partial charge >= 0.3 is 0 Å². The summed E-state index contributed by atoms with van der Waals surface area (Å²) in [6.07, 6.45) is 1.72. The molecule has 0 radical (unpaired) electrons. The Balaban J connectivity index is 1.98. The topological polar surface area (TPSA) is 32.3 Å². The zero-order valence-electron chi connectivity index (χ0n) is 8.53. The molecule has 76 valence electrons. The Morgan fingerprint density at radius 3 is 2.93 bits per heavy atom. The van der Waals surface area contributed by atoms with E-state index in [9.17, 15) is 5.11 Å². The van der Waals surface area contributed by atoms with E-state index in [1.807, 2.05) is 12.1 Å². The predicted octanol–water partition coefficient (Wildman–Crippen LogP) is 1.78. The van der Waals surface area contributed by atoms with E-state index in [-0.39, 0.29) is 6.10 Å². The molecule has 1 aromatic rings. The number of benzene rings is 1. The van der Waals surface area contributed by atoms with Gasteiger partial charge in [0.05, 0.1) is 6.10 Å². The van der Waals surface area contributed by atoms with Gasteiger partial charge in [-0.3, -0.25) is 0 Å². The van der Waals surface area contributed by atoms with Crippen molar-refractivity contribution in [2.75, 3.05) is 6.54 Å². The molecule has 0 bridgehead atoms. The van der Waals surface area contributed by atoms with Crippen molar-refractivity contribution in [3.8, 4) is 0 Å². The van der Waals surface area contributed by atoms with Crippen LogP contribution in [0.1, 0.15) is 30.1 Å². The Bertz CT molecular complexity index is 307. The molecule has 2 N–H and O–H groups in total. The minimum atomic E-state index is -0.312. The van der Waals surface area contributed by atoms with E-state index < -0.39 is 0 Å². The molecule has 2 heteroatoms. The quantitative estimate of drug-likeness (QED) is 0.763. The lowest BCUT2D eigenvalue weighted by Gasteiger charge is -2.29. The summed E-state index contributed by atoms with van der Waals surface area (Å²) in [6, 6.07) is 8.63. The Morgan fingerprint density at radius 2 is 2.36 bits per heavy atom. The van der Waals surface area contributed by atoms with E-state index in [1.54, 1.807) is 0 Å². The van der Waals surface area contributed by atoms with Gasteiger partial charge in [0, 0.05) is 6.04 Å². The number of aliphatic hydroxyl groups is 1. The maximum absolute atomic E-state index is 9.94. The van der Waals surface area contributed by atoms with Gasteiger partial charge in [-0.05, 0) is 31.9 Å². The van der Waals surface area contributed by atoms with E-state index in [0.29, 0.717) is 6.04 Å². The van der Waals surface area contributed by atoms with Crippen LogP contribution in [0.15, 0.2) is 24.3 Å². The Hall–Kier alpha value is -0.860. The first-order chi connectivity index (χ1) is 6.75. The molecule has 0 aliphatic carbocycles. The molecule has 1 fully saturated rings. The molecule has 2 nitrogen and oxygen atoms in total. The Kier molecular flexibility index (Phi) is 2.85. The van der Waals surface area contributed by atoms with E-state index >= 15 is 0 Å². The molecule has 1 saturated heterocycles. The lowest BCUT2D eigenvalue weighted by Crippen LogP contribution is -2.43. The van der Waals surface area contributed by atoms with Gasteiger partial charge in [0.1, 0.15) is 0 Å². The lowest BCUT2D eigenvalue weighted by molar-refractivity contribution is 0.136. The minimum absolute atomic E-state index is 0.312. The van der Waals surface area contributed by atoms with Crippen LogP contribution in [0.5, 0.6) is 0 Å². The summed E-state index contributed by atoms with van der Waals surface area (Å²) in [5.74, 6) is 0. The largest absolute Gasteiger partial charge is 0.388 e. The summed E-state index contributed by atoms with van der Waals surface area (Å²) in [5, 5.41) is 13.2. The maximum Gasteiger partial charge on any atom is 0.0805 e. The number of aryl methyl sites for hydroxylation is 1. The highest BCUT2D eigenvalue weighted by Crippen LogP contribution is 2.22. The standard InChI is InChI=1S/C12H17NO/c1-9-3-2-4-10(7-9)12(14)8-11-5-6-13-11/h2-4,7,11-14H,5-6,8H2,1H3. The number of rotatable bonds is 3. The average molecular weight is 191 g/mol. The summed E-state index contributed by atoms with van der Waals surface area (Å²) < 4.78 is 0. The van der Waals surface area contributed by atoms with Gasteiger partial charge in [0.15, 0.2) is 0 Å². The summed E-state index contributed by atoms with van der Waals surface area (Å²) >= 11 is 0. The second kappa shape index (κ2) is 4.11. The molecule has 0 amide bonds. The van der Waals surface area contributed by atoms with Crippen LogP contribution < -0.4 is 5.32 Å². The van der Waals surface area contributed by atoms with Crippen LogP contribution in [0.4, 0.5) is 0 Å². The van der Waals surface area contributed by atoms with Crippen LogP contribution in [0.25, 0.3) is 0 Å². The third-order valence-corrected chi connectivity index (χ3v) is 2.86. The highest BCUT2D eigenvalue weighted by Gasteiger charge is 2.20. The molecule has 14 heavy (non-hydrogen) atoms. The molecule has 2 unspecified atom stereocenters. The molecule has 0 spiro atoms. The van der Waals surface area contributed by atoms with E-state index in [4.69, 9.17) is 0 Å². The first kappa shape index (κ1) is 9.69. The molecule has 0 aromatic heterocycles. The van der Waals surface area contributed by atoms with Crippen molar-refractivity contribution in [2.24, 2.45) is 0 Å². The third-order valence-electron chi connectivity index (χ3n) is 2.86. The first-order valence-electron chi connectivity index (χ1n) is 5.24. The van der Waals surface area contributed by atoms with Crippen molar-refractivity contribution in [3.63, 3.8) is 0 Å². The summed E-state index contributed by atoms with van der Waals surface area (Å²) in [7, 11) is 0. The van der Waals surface area contributed by atoms with Crippen molar-refractivity contribution in [1.29, 1.82) is 0 Å². The van der Waals surface area contributed by atoms with Crippen molar-refractivity contribution in [3.05, 3.63) is 35.4 Å². The maximum atomic E-state index is 9.94. The molecule has 2 atom stereocenters. The van der Waals surface area contributed by atoms with Gasteiger partial charge in [0.2, 0.25) is 0 Å². The smallest absolute Gasteiger partial charge is 0.0805 e. The van der Waals surface area contributed by atoms with E-state index in [2.05, 4.69) is 24.4 Å². The number of hydrogen-bond acceptors (Lipinski definition) is 2. The minimum Gasteiger partial charge on any atom is -0.388 e. The van der Waals surface area contributed by atoms with Gasteiger partial charge < -0.3 is 10.4 Å². The van der Waals surface area contributed by atoms with Crippen molar-refractivity contribution >= 4 is 0 Å². The SMILES string of the molecule is Cc1cccc(C(O)CC2CCN2)c1. The zero-order valence-corrected chi connectivity index (χ0v) is 8.53. The molecule has 1 aliphatic rings. The van der Waals surface area contributed by atoms with Crippen molar-refractivity contribution in [2.45, 2.75) is 31.9 Å². The van der Waals surface area contributed by atoms with Gasteiger partial charge in [-0.2, -0.15) is 0 Å². The van der Waals surface area contributed by atoms with Crippen LogP contribution in [0.2, 0.25) is 0 Å². The molecule has 1 aromatic carbocycles. The molecule has 1 aliphatic heterocycles. The molecule has 1 heterocycles. The lowest BCUT2D eigenvalue weighted by atomic mass is 9.95. The van der Waals surface area contributed by atoms with Crippen LogP contribution in [-0.4, -0.2) is 17.7 Å². The van der Waals surface area contributed by atoms with Gasteiger partial charge in [-0.25, -0.2) is 0 Å². The highest BCUT2D eigenvalue weighted by atomic mass is 16.3. The van der Waals surface area contributed by atoms with Crippen molar-refractivity contribution < 1.29 is 5.11 Å². The van der Waals surface area contributed by atoms with Crippen LogP contribution >= 0.6 is 0 Å². The molecular weight excluding hydrogens is 174 g/mol. The van der Waals surface area contributed by atoms with Crippen molar-refractivity contribution in [1.82, 2.24) is 5.32 Å². The van der Waals surface area contributed by atoms with Gasteiger partial charge in [0.25, 0.3) is 0 Å². The summed E-state index contributed by atoms with van der Waals surface area (Å²) in [5.41, 5.74) is 2.25. The fraction of sp³-hybridized carbons (Fsp3) is 0.500. The summed E-state index contributed by atoms with van der Waals surface area (Å²) in [4.78, 5) is 0.